The van der Waals surface area contributed by atoms with Crippen molar-refractivity contribution in [1.29, 1.82) is 0 Å². The molecule has 5 rings (SSSR count). The van der Waals surface area contributed by atoms with E-state index >= 15 is 0 Å². The number of nitrogens with one attached hydrogen (secondary N) is 2. The molecule has 0 saturated carbocycles. The van der Waals surface area contributed by atoms with Crippen LogP contribution in [0.3, 0.4) is 0 Å². The fraction of sp³-hybridized carbons (Fsp3) is 0.292. The van der Waals surface area contributed by atoms with Crippen molar-refractivity contribution < 1.29 is 9.59 Å². The van der Waals surface area contributed by atoms with Gasteiger partial charge in [-0.1, -0.05) is 18.2 Å². The van der Waals surface area contributed by atoms with Crippen LogP contribution < -0.4 is 10.6 Å². The molecule has 0 spiro atoms. The van der Waals surface area contributed by atoms with Crippen molar-refractivity contribution in [3.05, 3.63) is 66.7 Å². The third kappa shape index (κ3) is 4.16. The molecule has 2 fully saturated rings. The Bertz CT molecular complexity index is 1120. The quantitative estimate of drug-likeness (QED) is 0.647. The van der Waals surface area contributed by atoms with Gasteiger partial charge in [-0.25, -0.2) is 9.97 Å². The molecule has 2 N–H and O–H groups in total. The second kappa shape index (κ2) is 8.74. The molecule has 2 unspecified atom stereocenters. The molecule has 4 heterocycles. The Labute approximate surface area is 186 Å². The van der Waals surface area contributed by atoms with Gasteiger partial charge in [0.2, 0.25) is 11.8 Å². The lowest BCUT2D eigenvalue weighted by Crippen LogP contribution is -2.44. The molecule has 2 aromatic heterocycles. The first-order chi connectivity index (χ1) is 15.7. The van der Waals surface area contributed by atoms with Crippen LogP contribution in [0.25, 0.3) is 11.3 Å². The monoisotopic (exact) mass is 428 g/mol. The zero-order chi connectivity index (χ0) is 21.9. The number of hydrogen-bond acceptors (Lipinski definition) is 6. The van der Waals surface area contributed by atoms with E-state index in [1.54, 1.807) is 12.4 Å². The molecule has 0 aliphatic carbocycles. The Kier molecular flexibility index (Phi) is 5.49. The second-order valence-electron chi connectivity index (χ2n) is 8.07. The lowest BCUT2D eigenvalue weighted by molar-refractivity contribution is -0.135. The minimum absolute atomic E-state index is 0.0474. The van der Waals surface area contributed by atoms with Crippen LogP contribution in [0.1, 0.15) is 37.5 Å². The van der Waals surface area contributed by atoms with E-state index < -0.39 is 6.04 Å². The number of rotatable bonds is 5. The molecule has 8 nitrogen and oxygen atoms in total. The lowest BCUT2D eigenvalue weighted by Gasteiger charge is -2.27. The highest BCUT2D eigenvalue weighted by Crippen LogP contribution is 2.33. The summed E-state index contributed by atoms with van der Waals surface area (Å²) in [5.41, 5.74) is 2.62. The molecular weight excluding hydrogens is 404 g/mol. The molecule has 162 valence electrons. The molecule has 2 aliphatic rings. The van der Waals surface area contributed by atoms with Gasteiger partial charge in [0.1, 0.15) is 11.9 Å². The first kappa shape index (κ1) is 20.1. The summed E-state index contributed by atoms with van der Waals surface area (Å²) in [5.74, 6) is 1.16. The van der Waals surface area contributed by atoms with Crippen LogP contribution in [0.5, 0.6) is 0 Å². The van der Waals surface area contributed by atoms with Crippen LogP contribution in [0, 0.1) is 0 Å². The first-order valence-electron chi connectivity index (χ1n) is 10.9. The molecule has 2 atom stereocenters. The molecule has 8 heteroatoms. The fourth-order valence-corrected chi connectivity index (χ4v) is 4.32. The molecule has 2 saturated heterocycles. The van der Waals surface area contributed by atoms with Gasteiger partial charge in [-0.3, -0.25) is 14.6 Å². The van der Waals surface area contributed by atoms with E-state index in [-0.39, 0.29) is 17.9 Å². The number of aromatic nitrogens is 3. The van der Waals surface area contributed by atoms with E-state index in [9.17, 15) is 9.59 Å². The normalized spacial score (nSPS) is 20.2. The van der Waals surface area contributed by atoms with Gasteiger partial charge in [0.25, 0.3) is 0 Å². The predicted molar refractivity (Wildman–Crippen MR) is 120 cm³/mol. The highest BCUT2D eigenvalue weighted by Gasteiger charge is 2.38. The van der Waals surface area contributed by atoms with Crippen LogP contribution in [-0.2, 0) is 9.59 Å². The Morgan fingerprint density at radius 2 is 1.88 bits per heavy atom. The summed E-state index contributed by atoms with van der Waals surface area (Å²) in [6.07, 6.45) is 6.07. The Morgan fingerprint density at radius 1 is 1.06 bits per heavy atom. The zero-order valence-electron chi connectivity index (χ0n) is 17.6. The van der Waals surface area contributed by atoms with Crippen molar-refractivity contribution in [2.24, 2.45) is 0 Å². The van der Waals surface area contributed by atoms with Gasteiger partial charge in [0.05, 0.1) is 11.7 Å². The Morgan fingerprint density at radius 3 is 2.62 bits per heavy atom. The van der Waals surface area contributed by atoms with E-state index in [0.717, 1.165) is 29.8 Å². The number of carbonyl (C=O) groups excluding carboxylic acids is 2. The maximum absolute atomic E-state index is 13.1. The van der Waals surface area contributed by atoms with E-state index in [1.807, 2.05) is 53.4 Å². The van der Waals surface area contributed by atoms with Crippen molar-refractivity contribution in [1.82, 2.24) is 25.2 Å². The number of pyridine rings is 1. The van der Waals surface area contributed by atoms with Crippen molar-refractivity contribution >= 4 is 23.3 Å². The van der Waals surface area contributed by atoms with Gasteiger partial charge in [-0.05, 0) is 43.5 Å². The largest absolute Gasteiger partial charge is 0.344 e. The zero-order valence-corrected chi connectivity index (χ0v) is 17.6. The van der Waals surface area contributed by atoms with Crippen molar-refractivity contribution in [2.75, 3.05) is 11.9 Å². The third-order valence-corrected chi connectivity index (χ3v) is 5.89. The van der Waals surface area contributed by atoms with Crippen LogP contribution in [0.15, 0.2) is 60.9 Å². The summed E-state index contributed by atoms with van der Waals surface area (Å²) in [7, 11) is 0. The van der Waals surface area contributed by atoms with Gasteiger partial charge >= 0.3 is 0 Å². The number of carbonyl (C=O) groups is 2. The number of para-hydroxylation sites is 1. The van der Waals surface area contributed by atoms with Gasteiger partial charge in [0, 0.05) is 42.7 Å². The molecule has 0 bridgehead atoms. The number of nitrogens with zero attached hydrogens (tertiary/aromatic N) is 4. The average Bonchev–Trinajstić information content (AvgIpc) is 3.49. The average molecular weight is 428 g/mol. The van der Waals surface area contributed by atoms with Gasteiger partial charge < -0.3 is 15.5 Å². The standard InChI is InChI=1S/C24H24N6O2/c31-22-9-8-18(27-22)24(32)30-14-4-7-20(30)23-28-19(16-10-12-25-13-11-16)15-21(29-23)26-17-5-2-1-3-6-17/h1-3,5-6,10-13,15,18,20H,4,7-9,14H2,(H,27,31)(H,26,28,29). The van der Waals surface area contributed by atoms with Crippen molar-refractivity contribution in [3.8, 4) is 11.3 Å². The van der Waals surface area contributed by atoms with Gasteiger partial charge in [-0.2, -0.15) is 0 Å². The van der Waals surface area contributed by atoms with E-state index in [4.69, 9.17) is 9.97 Å². The molecular formula is C24H24N6O2. The SMILES string of the molecule is O=C1CCC(C(=O)N2CCCC2c2nc(Nc3ccccc3)cc(-c3ccncc3)n2)N1. The second-order valence-corrected chi connectivity index (χ2v) is 8.07. The highest BCUT2D eigenvalue weighted by atomic mass is 16.2. The van der Waals surface area contributed by atoms with Gasteiger partial charge in [-0.15, -0.1) is 0 Å². The van der Waals surface area contributed by atoms with Crippen LogP contribution >= 0.6 is 0 Å². The summed E-state index contributed by atoms with van der Waals surface area (Å²) in [5, 5.41) is 6.15. The summed E-state index contributed by atoms with van der Waals surface area (Å²) in [6.45, 7) is 0.639. The molecule has 32 heavy (non-hydrogen) atoms. The molecule has 2 aliphatic heterocycles. The maximum Gasteiger partial charge on any atom is 0.245 e. The smallest absolute Gasteiger partial charge is 0.245 e. The number of hydrogen-bond donors (Lipinski definition) is 2. The minimum Gasteiger partial charge on any atom is -0.344 e. The number of amides is 2. The minimum atomic E-state index is -0.451. The summed E-state index contributed by atoms with van der Waals surface area (Å²) in [4.78, 5) is 40.3. The summed E-state index contributed by atoms with van der Waals surface area (Å²) < 4.78 is 0. The van der Waals surface area contributed by atoms with E-state index in [1.165, 1.54) is 0 Å². The topological polar surface area (TPSA) is 100 Å². The third-order valence-electron chi connectivity index (χ3n) is 5.89. The van der Waals surface area contributed by atoms with Crippen molar-refractivity contribution in [2.45, 2.75) is 37.8 Å². The summed E-state index contributed by atoms with van der Waals surface area (Å²) in [6, 6.07) is 14.9. The number of anilines is 2. The fourth-order valence-electron chi connectivity index (χ4n) is 4.32. The predicted octanol–water partition coefficient (Wildman–Crippen LogP) is 3.22. The Balaban J connectivity index is 1.49. The first-order valence-corrected chi connectivity index (χ1v) is 10.9. The van der Waals surface area contributed by atoms with E-state index in [2.05, 4.69) is 15.6 Å². The van der Waals surface area contributed by atoms with Crippen molar-refractivity contribution in [3.63, 3.8) is 0 Å². The highest BCUT2D eigenvalue weighted by molar-refractivity contribution is 5.91. The molecule has 2 amide bonds. The van der Waals surface area contributed by atoms with E-state index in [0.29, 0.717) is 31.0 Å². The van der Waals surface area contributed by atoms with Gasteiger partial charge in [0.15, 0.2) is 5.82 Å². The molecule has 3 aromatic rings. The Hall–Kier alpha value is -3.81. The number of likely N-dealkylation sites (tertiary alicyclic amines) is 1. The summed E-state index contributed by atoms with van der Waals surface area (Å²) >= 11 is 0. The lowest BCUT2D eigenvalue weighted by atomic mass is 10.1. The number of benzene rings is 1. The van der Waals surface area contributed by atoms with Crippen LogP contribution in [-0.4, -0.2) is 44.3 Å². The van der Waals surface area contributed by atoms with Crippen LogP contribution in [0.2, 0.25) is 0 Å². The molecule has 1 aromatic carbocycles. The maximum atomic E-state index is 13.1. The van der Waals surface area contributed by atoms with Crippen LogP contribution in [0.4, 0.5) is 11.5 Å². The molecule has 0 radical (unpaired) electrons.